The van der Waals surface area contributed by atoms with Crippen molar-refractivity contribution in [1.82, 2.24) is 4.98 Å². The van der Waals surface area contributed by atoms with Crippen molar-refractivity contribution in [3.8, 4) is 5.75 Å². The van der Waals surface area contributed by atoms with E-state index in [1.807, 2.05) is 38.1 Å². The maximum atomic E-state index is 11.6. The normalized spacial score (nSPS) is 12.1. The number of carbonyl (C=O) groups is 1. The highest BCUT2D eigenvalue weighted by atomic mass is 16.6. The third-order valence-electron chi connectivity index (χ3n) is 2.85. The highest BCUT2D eigenvalue weighted by Gasteiger charge is 2.10. The van der Waals surface area contributed by atoms with Crippen molar-refractivity contribution >= 4 is 16.9 Å². The first-order valence-electron chi connectivity index (χ1n) is 6.36. The summed E-state index contributed by atoms with van der Waals surface area (Å²) in [6.45, 7) is 3.73. The zero-order valence-electron chi connectivity index (χ0n) is 11.1. The minimum Gasteiger partial charge on any atom is -0.480 e. The molecule has 0 aliphatic rings. The molecule has 19 heavy (non-hydrogen) atoms. The number of benzene rings is 1. The quantitative estimate of drug-likeness (QED) is 0.774. The number of rotatable bonds is 5. The Hall–Kier alpha value is -2.10. The molecule has 0 aliphatic carbocycles. The van der Waals surface area contributed by atoms with Crippen molar-refractivity contribution in [2.24, 2.45) is 0 Å². The SMILES string of the molecule is CCC(C)OC(=O)COc1cccc2cccnc12. The minimum atomic E-state index is -0.359. The lowest BCUT2D eigenvalue weighted by molar-refractivity contribution is -0.150. The average Bonchev–Trinajstić information content (AvgIpc) is 2.44. The van der Waals surface area contributed by atoms with E-state index in [9.17, 15) is 4.79 Å². The van der Waals surface area contributed by atoms with Gasteiger partial charge in [0.1, 0.15) is 11.3 Å². The maximum Gasteiger partial charge on any atom is 0.344 e. The number of hydrogen-bond donors (Lipinski definition) is 0. The molecule has 0 radical (unpaired) electrons. The van der Waals surface area contributed by atoms with Crippen LogP contribution in [0.15, 0.2) is 36.5 Å². The van der Waals surface area contributed by atoms with Gasteiger partial charge in [-0.25, -0.2) is 4.79 Å². The van der Waals surface area contributed by atoms with Crippen LogP contribution < -0.4 is 4.74 Å². The second-order valence-corrected chi connectivity index (χ2v) is 4.33. The lowest BCUT2D eigenvalue weighted by Gasteiger charge is -2.12. The average molecular weight is 259 g/mol. The summed E-state index contributed by atoms with van der Waals surface area (Å²) in [7, 11) is 0. The molecule has 1 aromatic carbocycles. The van der Waals surface area contributed by atoms with Gasteiger partial charge in [-0.1, -0.05) is 25.1 Å². The molecule has 0 N–H and O–H groups in total. The van der Waals surface area contributed by atoms with Crippen molar-refractivity contribution < 1.29 is 14.3 Å². The number of esters is 1. The standard InChI is InChI=1S/C15H17NO3/c1-3-11(2)19-14(17)10-18-13-8-4-6-12-7-5-9-16-15(12)13/h4-9,11H,3,10H2,1-2H3. The van der Waals surface area contributed by atoms with Crippen LogP contribution in [-0.4, -0.2) is 23.7 Å². The Morgan fingerprint density at radius 2 is 2.11 bits per heavy atom. The van der Waals surface area contributed by atoms with E-state index in [2.05, 4.69) is 4.98 Å². The molecule has 2 aromatic rings. The molecule has 1 unspecified atom stereocenters. The monoisotopic (exact) mass is 259 g/mol. The zero-order valence-corrected chi connectivity index (χ0v) is 11.1. The molecule has 0 bridgehead atoms. The van der Waals surface area contributed by atoms with Crippen molar-refractivity contribution in [3.05, 3.63) is 36.5 Å². The van der Waals surface area contributed by atoms with Gasteiger partial charge in [-0.05, 0) is 25.5 Å². The molecule has 4 nitrogen and oxygen atoms in total. The molecular formula is C15H17NO3. The maximum absolute atomic E-state index is 11.6. The summed E-state index contributed by atoms with van der Waals surface area (Å²) in [6.07, 6.45) is 2.41. The van der Waals surface area contributed by atoms with E-state index in [0.29, 0.717) is 5.75 Å². The van der Waals surface area contributed by atoms with Crippen LogP contribution in [-0.2, 0) is 9.53 Å². The van der Waals surface area contributed by atoms with Crippen LogP contribution in [0.5, 0.6) is 5.75 Å². The first-order valence-corrected chi connectivity index (χ1v) is 6.36. The fraction of sp³-hybridized carbons (Fsp3) is 0.333. The third-order valence-corrected chi connectivity index (χ3v) is 2.85. The van der Waals surface area contributed by atoms with Crippen LogP contribution in [0.1, 0.15) is 20.3 Å². The van der Waals surface area contributed by atoms with E-state index in [-0.39, 0.29) is 18.7 Å². The number of carbonyl (C=O) groups excluding carboxylic acids is 1. The number of aromatic nitrogens is 1. The van der Waals surface area contributed by atoms with Crippen LogP contribution in [0.25, 0.3) is 10.9 Å². The number of hydrogen-bond acceptors (Lipinski definition) is 4. The number of fused-ring (bicyclic) bond motifs is 1. The predicted octanol–water partition coefficient (Wildman–Crippen LogP) is 2.96. The van der Waals surface area contributed by atoms with Crippen molar-refractivity contribution in [2.75, 3.05) is 6.61 Å². The summed E-state index contributed by atoms with van der Waals surface area (Å²) in [6, 6.07) is 9.44. The molecular weight excluding hydrogens is 242 g/mol. The van der Waals surface area contributed by atoms with Gasteiger partial charge in [0.2, 0.25) is 0 Å². The van der Waals surface area contributed by atoms with Crippen LogP contribution in [0, 0.1) is 0 Å². The first kappa shape index (κ1) is 13.3. The van der Waals surface area contributed by atoms with Gasteiger partial charge in [0, 0.05) is 11.6 Å². The van der Waals surface area contributed by atoms with Gasteiger partial charge in [-0.15, -0.1) is 0 Å². The fourth-order valence-electron chi connectivity index (χ4n) is 1.67. The highest BCUT2D eigenvalue weighted by Crippen LogP contribution is 2.22. The Bertz CT molecular complexity index is 563. The van der Waals surface area contributed by atoms with Crippen LogP contribution in [0.2, 0.25) is 0 Å². The molecule has 2 rings (SSSR count). The van der Waals surface area contributed by atoms with Gasteiger partial charge in [0.25, 0.3) is 0 Å². The second-order valence-electron chi connectivity index (χ2n) is 4.33. The number of pyridine rings is 1. The molecule has 1 aromatic heterocycles. The number of ether oxygens (including phenoxy) is 2. The molecule has 0 aliphatic heterocycles. The van der Waals surface area contributed by atoms with Gasteiger partial charge in [0.05, 0.1) is 6.10 Å². The third kappa shape index (κ3) is 3.44. The van der Waals surface area contributed by atoms with E-state index >= 15 is 0 Å². The van der Waals surface area contributed by atoms with Gasteiger partial charge in [-0.2, -0.15) is 0 Å². The minimum absolute atomic E-state index is 0.0817. The number of nitrogens with zero attached hydrogens (tertiary/aromatic N) is 1. The van der Waals surface area contributed by atoms with Gasteiger partial charge >= 0.3 is 5.97 Å². The molecule has 1 heterocycles. The van der Waals surface area contributed by atoms with E-state index in [1.54, 1.807) is 12.3 Å². The fourth-order valence-corrected chi connectivity index (χ4v) is 1.67. The summed E-state index contributed by atoms with van der Waals surface area (Å²) in [5.41, 5.74) is 0.751. The predicted molar refractivity (Wildman–Crippen MR) is 73.1 cm³/mol. The Kier molecular flexibility index (Phi) is 4.34. The highest BCUT2D eigenvalue weighted by molar-refractivity contribution is 5.84. The molecule has 0 saturated carbocycles. The van der Waals surface area contributed by atoms with Gasteiger partial charge < -0.3 is 9.47 Å². The molecule has 0 fully saturated rings. The molecule has 0 spiro atoms. The van der Waals surface area contributed by atoms with Crippen LogP contribution in [0.4, 0.5) is 0 Å². The van der Waals surface area contributed by atoms with Crippen molar-refractivity contribution in [3.63, 3.8) is 0 Å². The molecule has 0 saturated heterocycles. The molecule has 0 amide bonds. The summed E-state index contributed by atoms with van der Waals surface area (Å²) < 4.78 is 10.6. The lowest BCUT2D eigenvalue weighted by Crippen LogP contribution is -2.20. The van der Waals surface area contributed by atoms with Crippen LogP contribution >= 0.6 is 0 Å². The van der Waals surface area contributed by atoms with E-state index in [1.165, 1.54) is 0 Å². The smallest absolute Gasteiger partial charge is 0.344 e. The zero-order chi connectivity index (χ0) is 13.7. The lowest BCUT2D eigenvalue weighted by atomic mass is 10.2. The summed E-state index contributed by atoms with van der Waals surface area (Å²) >= 11 is 0. The summed E-state index contributed by atoms with van der Waals surface area (Å²) in [5, 5.41) is 0.982. The molecule has 100 valence electrons. The van der Waals surface area contributed by atoms with E-state index in [0.717, 1.165) is 17.3 Å². The molecule has 4 heteroatoms. The second kappa shape index (κ2) is 6.18. The topological polar surface area (TPSA) is 48.4 Å². The van der Waals surface area contributed by atoms with Crippen LogP contribution in [0.3, 0.4) is 0 Å². The first-order chi connectivity index (χ1) is 9.20. The molecule has 1 atom stereocenters. The van der Waals surface area contributed by atoms with Crippen molar-refractivity contribution in [2.45, 2.75) is 26.4 Å². The Balaban J connectivity index is 2.04. The summed E-state index contributed by atoms with van der Waals surface area (Å²) in [4.78, 5) is 15.8. The van der Waals surface area contributed by atoms with Gasteiger partial charge in [0.15, 0.2) is 6.61 Å². The van der Waals surface area contributed by atoms with Gasteiger partial charge in [-0.3, -0.25) is 4.98 Å². The Morgan fingerprint density at radius 3 is 2.89 bits per heavy atom. The van der Waals surface area contributed by atoms with E-state index < -0.39 is 0 Å². The number of para-hydroxylation sites is 1. The Morgan fingerprint density at radius 1 is 1.32 bits per heavy atom. The largest absolute Gasteiger partial charge is 0.480 e. The Labute approximate surface area is 112 Å². The summed E-state index contributed by atoms with van der Waals surface area (Å²) in [5.74, 6) is 0.237. The van der Waals surface area contributed by atoms with E-state index in [4.69, 9.17) is 9.47 Å². The van der Waals surface area contributed by atoms with Crippen molar-refractivity contribution in [1.29, 1.82) is 0 Å².